The quantitative estimate of drug-likeness (QED) is 0.307. The summed E-state index contributed by atoms with van der Waals surface area (Å²) in [5, 5.41) is 2.99. The van der Waals surface area contributed by atoms with Gasteiger partial charge >= 0.3 is 6.03 Å². The molecule has 1 saturated carbocycles. The van der Waals surface area contributed by atoms with Crippen LogP contribution in [0.2, 0.25) is 0 Å². The molecule has 194 valence electrons. The van der Waals surface area contributed by atoms with E-state index in [2.05, 4.69) is 31.1 Å². The fourth-order valence-electron chi connectivity index (χ4n) is 4.53. The van der Waals surface area contributed by atoms with Crippen molar-refractivity contribution in [2.24, 2.45) is 10.4 Å². The molecular weight excluding hydrogens is 454 g/mol. The number of ether oxygens (including phenoxy) is 2. The van der Waals surface area contributed by atoms with Crippen molar-refractivity contribution in [1.29, 1.82) is 0 Å². The number of rotatable bonds is 10. The Morgan fingerprint density at radius 3 is 2.50 bits per heavy atom. The number of aryl methyl sites for hydroxylation is 1. The molecule has 3 rings (SSSR count). The molecule has 36 heavy (non-hydrogen) atoms. The van der Waals surface area contributed by atoms with E-state index >= 15 is 0 Å². The molecule has 0 saturated heterocycles. The second-order valence-electron chi connectivity index (χ2n) is 10.7. The van der Waals surface area contributed by atoms with Gasteiger partial charge in [0.25, 0.3) is 0 Å². The highest BCUT2D eigenvalue weighted by atomic mass is 16.5. The molecule has 0 spiro atoms. The van der Waals surface area contributed by atoms with Gasteiger partial charge < -0.3 is 19.7 Å². The van der Waals surface area contributed by atoms with Crippen molar-refractivity contribution < 1.29 is 19.1 Å². The van der Waals surface area contributed by atoms with Gasteiger partial charge in [0.2, 0.25) is 6.08 Å². The lowest BCUT2D eigenvalue weighted by Crippen LogP contribution is -2.43. The van der Waals surface area contributed by atoms with E-state index in [-0.39, 0.29) is 23.7 Å². The Morgan fingerprint density at radius 1 is 1.08 bits per heavy atom. The first-order chi connectivity index (χ1) is 17.2. The van der Waals surface area contributed by atoms with E-state index in [1.165, 1.54) is 0 Å². The van der Waals surface area contributed by atoms with Gasteiger partial charge in [-0.15, -0.1) is 0 Å². The third kappa shape index (κ3) is 8.90. The lowest BCUT2D eigenvalue weighted by atomic mass is 9.94. The molecule has 1 aliphatic carbocycles. The first kappa shape index (κ1) is 27.6. The number of para-hydroxylation sites is 2. The molecule has 2 atom stereocenters. The Kier molecular flexibility index (Phi) is 10.2. The standard InChI is InChI=1S/C29H39N3O4/c1-22-10-8-11-23(27(22)30-21-33)19-36-26-15-9-14-25(18-26)35-17-16-32(20-29(2,3)4)28(34)31-24-12-6-5-7-13-24/h5-8,10-13,25-26H,9,14-20H2,1-4H3,(H,31,34)/t25-,26+/m0/s1. The van der Waals surface area contributed by atoms with Crippen LogP contribution in [-0.4, -0.2) is 48.9 Å². The first-order valence-corrected chi connectivity index (χ1v) is 12.8. The molecule has 1 fully saturated rings. The highest BCUT2D eigenvalue weighted by Gasteiger charge is 2.25. The van der Waals surface area contributed by atoms with Crippen LogP contribution in [0, 0.1) is 12.3 Å². The number of amides is 2. The zero-order valence-electron chi connectivity index (χ0n) is 22.0. The number of benzene rings is 2. The summed E-state index contributed by atoms with van der Waals surface area (Å²) in [7, 11) is 0. The summed E-state index contributed by atoms with van der Waals surface area (Å²) in [5.74, 6) is 0. The topological polar surface area (TPSA) is 80.2 Å². The fraction of sp³-hybridized carbons (Fsp3) is 0.517. The number of hydrogen-bond acceptors (Lipinski definition) is 5. The van der Waals surface area contributed by atoms with Gasteiger partial charge in [-0.1, -0.05) is 57.2 Å². The van der Waals surface area contributed by atoms with Gasteiger partial charge in [0, 0.05) is 24.3 Å². The van der Waals surface area contributed by atoms with Crippen molar-refractivity contribution in [2.75, 3.05) is 25.0 Å². The highest BCUT2D eigenvalue weighted by Crippen LogP contribution is 2.28. The molecule has 0 unspecified atom stereocenters. The van der Waals surface area contributed by atoms with Gasteiger partial charge in [-0.3, -0.25) is 0 Å². The van der Waals surface area contributed by atoms with Gasteiger partial charge in [0.05, 0.1) is 31.1 Å². The Morgan fingerprint density at radius 2 is 1.81 bits per heavy atom. The van der Waals surface area contributed by atoms with Crippen LogP contribution in [0.3, 0.4) is 0 Å². The van der Waals surface area contributed by atoms with Gasteiger partial charge in [-0.05, 0) is 55.7 Å². The van der Waals surface area contributed by atoms with Gasteiger partial charge in [0.15, 0.2) is 0 Å². The molecule has 1 N–H and O–H groups in total. The van der Waals surface area contributed by atoms with E-state index in [0.29, 0.717) is 32.0 Å². The Balaban J connectivity index is 1.50. The summed E-state index contributed by atoms with van der Waals surface area (Å²) < 4.78 is 12.4. The SMILES string of the molecule is Cc1cccc(CO[C@@H]2CCC[C@H](OCCN(CC(C)(C)C)C(=O)Nc3ccccc3)C2)c1N=C=O. The minimum Gasteiger partial charge on any atom is -0.376 e. The molecule has 2 aromatic rings. The average molecular weight is 494 g/mol. The number of nitrogens with one attached hydrogen (secondary N) is 1. The fourth-order valence-corrected chi connectivity index (χ4v) is 4.53. The minimum atomic E-state index is -0.114. The minimum absolute atomic E-state index is 0.0274. The molecule has 2 aromatic carbocycles. The number of anilines is 1. The second-order valence-corrected chi connectivity index (χ2v) is 10.7. The predicted molar refractivity (Wildman–Crippen MR) is 142 cm³/mol. The van der Waals surface area contributed by atoms with Crippen LogP contribution in [0.15, 0.2) is 53.5 Å². The number of carbonyl (C=O) groups is 1. The summed E-state index contributed by atoms with van der Waals surface area (Å²) in [5.41, 5.74) is 3.22. The third-order valence-electron chi connectivity index (χ3n) is 6.22. The first-order valence-electron chi connectivity index (χ1n) is 12.8. The summed E-state index contributed by atoms with van der Waals surface area (Å²) in [4.78, 5) is 29.4. The second kappa shape index (κ2) is 13.4. The smallest absolute Gasteiger partial charge is 0.321 e. The van der Waals surface area contributed by atoms with Crippen LogP contribution in [0.1, 0.15) is 57.6 Å². The molecule has 0 radical (unpaired) electrons. The molecule has 1 aliphatic rings. The van der Waals surface area contributed by atoms with Crippen LogP contribution >= 0.6 is 0 Å². The van der Waals surface area contributed by atoms with Crippen LogP contribution in [0.4, 0.5) is 16.2 Å². The van der Waals surface area contributed by atoms with Crippen molar-refractivity contribution in [3.63, 3.8) is 0 Å². The van der Waals surface area contributed by atoms with E-state index in [1.807, 2.05) is 60.4 Å². The van der Waals surface area contributed by atoms with E-state index in [1.54, 1.807) is 6.08 Å². The molecule has 7 nitrogen and oxygen atoms in total. The highest BCUT2D eigenvalue weighted by molar-refractivity contribution is 5.89. The maximum absolute atomic E-state index is 13.0. The number of urea groups is 1. The predicted octanol–water partition coefficient (Wildman–Crippen LogP) is 6.39. The third-order valence-corrected chi connectivity index (χ3v) is 6.22. The van der Waals surface area contributed by atoms with E-state index in [0.717, 1.165) is 42.5 Å². The molecule has 2 amide bonds. The molecular formula is C29H39N3O4. The van der Waals surface area contributed by atoms with Gasteiger partial charge in [-0.2, -0.15) is 4.99 Å². The average Bonchev–Trinajstić information content (AvgIpc) is 2.84. The van der Waals surface area contributed by atoms with Crippen molar-refractivity contribution in [2.45, 2.75) is 72.2 Å². The van der Waals surface area contributed by atoms with Crippen LogP contribution in [-0.2, 0) is 20.9 Å². The molecule has 0 heterocycles. The molecule has 7 heteroatoms. The Hall–Kier alpha value is -2.99. The number of aliphatic imine (C=N–C) groups is 1. The number of isocyanates is 1. The maximum Gasteiger partial charge on any atom is 0.321 e. The lowest BCUT2D eigenvalue weighted by Gasteiger charge is -2.32. The summed E-state index contributed by atoms with van der Waals surface area (Å²) in [6, 6.07) is 15.2. The van der Waals surface area contributed by atoms with E-state index < -0.39 is 0 Å². The normalized spacial score (nSPS) is 17.8. The zero-order valence-corrected chi connectivity index (χ0v) is 22.0. The molecule has 0 bridgehead atoms. The lowest BCUT2D eigenvalue weighted by molar-refractivity contribution is -0.0525. The van der Waals surface area contributed by atoms with Crippen molar-refractivity contribution >= 4 is 23.5 Å². The maximum atomic E-state index is 13.0. The van der Waals surface area contributed by atoms with Crippen LogP contribution < -0.4 is 5.32 Å². The van der Waals surface area contributed by atoms with E-state index in [9.17, 15) is 9.59 Å². The van der Waals surface area contributed by atoms with Crippen molar-refractivity contribution in [3.05, 3.63) is 59.7 Å². The van der Waals surface area contributed by atoms with Crippen LogP contribution in [0.5, 0.6) is 0 Å². The number of hydrogen-bond donors (Lipinski definition) is 1. The Labute approximate surface area is 214 Å². The zero-order chi connectivity index (χ0) is 26.0. The van der Waals surface area contributed by atoms with Crippen molar-refractivity contribution in [1.82, 2.24) is 4.90 Å². The largest absolute Gasteiger partial charge is 0.376 e. The van der Waals surface area contributed by atoms with Gasteiger partial charge in [-0.25, -0.2) is 9.59 Å². The Bertz CT molecular complexity index is 1030. The van der Waals surface area contributed by atoms with E-state index in [4.69, 9.17) is 9.47 Å². The number of carbonyl (C=O) groups excluding carboxylic acids is 2. The van der Waals surface area contributed by atoms with Gasteiger partial charge in [0.1, 0.15) is 0 Å². The summed E-state index contributed by atoms with van der Waals surface area (Å²) >= 11 is 0. The monoisotopic (exact) mass is 493 g/mol. The molecule has 0 aliphatic heterocycles. The van der Waals surface area contributed by atoms with Crippen molar-refractivity contribution in [3.8, 4) is 0 Å². The number of nitrogens with zero attached hydrogens (tertiary/aromatic N) is 2. The van der Waals surface area contributed by atoms with Crippen LogP contribution in [0.25, 0.3) is 0 Å². The summed E-state index contributed by atoms with van der Waals surface area (Å²) in [6.07, 6.45) is 5.64. The summed E-state index contributed by atoms with van der Waals surface area (Å²) in [6.45, 7) is 10.3. The molecule has 0 aromatic heterocycles.